The van der Waals surface area contributed by atoms with Crippen molar-refractivity contribution in [2.24, 2.45) is 0 Å². The number of aryl methyl sites for hydroxylation is 2. The molecule has 1 N–H and O–H groups in total. The van der Waals surface area contributed by atoms with Gasteiger partial charge in [0.25, 0.3) is 5.91 Å². The maximum absolute atomic E-state index is 12.8. The number of esters is 1. The van der Waals surface area contributed by atoms with E-state index in [0.717, 1.165) is 16.7 Å². The number of amides is 1. The number of carbonyl (C=O) groups excluding carboxylic acids is 2. The van der Waals surface area contributed by atoms with Crippen LogP contribution >= 0.6 is 0 Å². The van der Waals surface area contributed by atoms with Gasteiger partial charge in [-0.05, 0) is 43.5 Å². The molecule has 2 aromatic rings. The molecule has 5 heteroatoms. The Labute approximate surface area is 147 Å². The van der Waals surface area contributed by atoms with Crippen LogP contribution in [-0.2, 0) is 27.3 Å². The summed E-state index contributed by atoms with van der Waals surface area (Å²) in [5.74, 6) is -1.11. The van der Waals surface area contributed by atoms with E-state index in [1.54, 1.807) is 19.1 Å². The van der Waals surface area contributed by atoms with E-state index in [4.69, 9.17) is 4.74 Å². The van der Waals surface area contributed by atoms with Crippen LogP contribution < -0.4 is 5.32 Å². The van der Waals surface area contributed by atoms with E-state index in [2.05, 4.69) is 5.32 Å². The van der Waals surface area contributed by atoms with Crippen molar-refractivity contribution in [2.75, 3.05) is 0 Å². The number of rotatable bonds is 7. The molecule has 4 nitrogen and oxygen atoms in total. The molecule has 1 amide bonds. The van der Waals surface area contributed by atoms with E-state index in [1.807, 2.05) is 31.2 Å². The molecule has 2 rings (SSSR count). The third-order valence-electron chi connectivity index (χ3n) is 3.80. The van der Waals surface area contributed by atoms with Crippen LogP contribution in [0.1, 0.15) is 30.0 Å². The maximum Gasteiger partial charge on any atom is 0.306 e. The summed E-state index contributed by atoms with van der Waals surface area (Å²) in [6.07, 6.45) is -0.274. The Morgan fingerprint density at radius 3 is 2.28 bits per heavy atom. The molecule has 0 radical (unpaired) electrons. The lowest BCUT2D eigenvalue weighted by Crippen LogP contribution is -2.35. The predicted octanol–water partition coefficient (Wildman–Crippen LogP) is 3.31. The molecular formula is C20H22FNO3. The SMILES string of the molecule is Cc1ccc(CNC(=O)[C@@H](C)OC(=O)CCc2ccc(F)cc2)cc1. The van der Waals surface area contributed by atoms with Crippen molar-refractivity contribution in [1.82, 2.24) is 5.32 Å². The maximum atomic E-state index is 12.8. The second kappa shape index (κ2) is 8.97. The van der Waals surface area contributed by atoms with E-state index >= 15 is 0 Å². The highest BCUT2D eigenvalue weighted by molar-refractivity contribution is 5.83. The first-order chi connectivity index (χ1) is 11.9. The van der Waals surface area contributed by atoms with Gasteiger partial charge in [-0.15, -0.1) is 0 Å². The molecule has 25 heavy (non-hydrogen) atoms. The minimum atomic E-state index is -0.855. The number of hydrogen-bond donors (Lipinski definition) is 1. The van der Waals surface area contributed by atoms with Gasteiger partial charge in [-0.1, -0.05) is 42.0 Å². The Kier molecular flexibility index (Phi) is 6.69. The number of nitrogens with one attached hydrogen (secondary N) is 1. The summed E-state index contributed by atoms with van der Waals surface area (Å²) in [4.78, 5) is 23.8. The third-order valence-corrected chi connectivity index (χ3v) is 3.80. The minimum Gasteiger partial charge on any atom is -0.453 e. The smallest absolute Gasteiger partial charge is 0.306 e. The van der Waals surface area contributed by atoms with Gasteiger partial charge in [0.2, 0.25) is 0 Å². The van der Waals surface area contributed by atoms with Gasteiger partial charge in [-0.3, -0.25) is 9.59 Å². The molecule has 0 unspecified atom stereocenters. The van der Waals surface area contributed by atoms with Crippen LogP contribution in [0.15, 0.2) is 48.5 Å². The second-order valence-electron chi connectivity index (χ2n) is 5.96. The first-order valence-electron chi connectivity index (χ1n) is 8.21. The van der Waals surface area contributed by atoms with E-state index in [0.29, 0.717) is 13.0 Å². The van der Waals surface area contributed by atoms with Gasteiger partial charge >= 0.3 is 5.97 Å². The summed E-state index contributed by atoms with van der Waals surface area (Å²) >= 11 is 0. The number of carbonyl (C=O) groups is 2. The van der Waals surface area contributed by atoms with Crippen molar-refractivity contribution >= 4 is 11.9 Å². The average molecular weight is 343 g/mol. The number of hydrogen-bond acceptors (Lipinski definition) is 3. The molecule has 0 saturated heterocycles. The monoisotopic (exact) mass is 343 g/mol. The number of benzene rings is 2. The molecule has 0 aliphatic heterocycles. The first kappa shape index (κ1) is 18.6. The van der Waals surface area contributed by atoms with E-state index in [9.17, 15) is 14.0 Å². The highest BCUT2D eigenvalue weighted by Crippen LogP contribution is 2.07. The Balaban J connectivity index is 1.72. The summed E-state index contributed by atoms with van der Waals surface area (Å²) in [6, 6.07) is 13.8. The van der Waals surface area contributed by atoms with Crippen molar-refractivity contribution in [3.8, 4) is 0 Å². The summed E-state index contributed by atoms with van der Waals surface area (Å²) < 4.78 is 18.0. The van der Waals surface area contributed by atoms with Gasteiger partial charge in [0.15, 0.2) is 6.10 Å². The van der Waals surface area contributed by atoms with Gasteiger partial charge in [0, 0.05) is 13.0 Å². The van der Waals surface area contributed by atoms with Crippen LogP contribution in [-0.4, -0.2) is 18.0 Å². The quantitative estimate of drug-likeness (QED) is 0.785. The fourth-order valence-corrected chi connectivity index (χ4v) is 2.25. The molecule has 0 saturated carbocycles. The van der Waals surface area contributed by atoms with Gasteiger partial charge < -0.3 is 10.1 Å². The normalized spacial score (nSPS) is 11.6. The molecule has 0 spiro atoms. The lowest BCUT2D eigenvalue weighted by molar-refractivity contribution is -0.154. The zero-order chi connectivity index (χ0) is 18.2. The molecule has 0 aliphatic carbocycles. The van der Waals surface area contributed by atoms with Crippen molar-refractivity contribution in [3.63, 3.8) is 0 Å². The van der Waals surface area contributed by atoms with Gasteiger partial charge in [-0.25, -0.2) is 4.39 Å². The standard InChI is InChI=1S/C20H22FNO3/c1-14-3-5-17(6-4-14)13-22-20(24)15(2)25-19(23)12-9-16-7-10-18(21)11-8-16/h3-8,10-11,15H,9,12-13H2,1-2H3,(H,22,24)/t15-/m1/s1. The molecule has 2 aromatic carbocycles. The Morgan fingerprint density at radius 2 is 1.64 bits per heavy atom. The fraction of sp³-hybridized carbons (Fsp3) is 0.300. The summed E-state index contributed by atoms with van der Waals surface area (Å²) in [5, 5.41) is 2.75. The summed E-state index contributed by atoms with van der Waals surface area (Å²) in [5.41, 5.74) is 2.97. The highest BCUT2D eigenvalue weighted by Gasteiger charge is 2.17. The Bertz CT molecular complexity index is 711. The molecule has 0 aromatic heterocycles. The lowest BCUT2D eigenvalue weighted by atomic mass is 10.1. The molecule has 0 bridgehead atoms. The number of ether oxygens (including phenoxy) is 1. The molecule has 0 heterocycles. The zero-order valence-corrected chi connectivity index (χ0v) is 14.4. The second-order valence-corrected chi connectivity index (χ2v) is 5.96. The first-order valence-corrected chi connectivity index (χ1v) is 8.21. The van der Waals surface area contributed by atoms with E-state index in [1.165, 1.54) is 12.1 Å². The fourth-order valence-electron chi connectivity index (χ4n) is 2.25. The molecule has 0 aliphatic rings. The average Bonchev–Trinajstić information content (AvgIpc) is 2.60. The third kappa shape index (κ3) is 6.37. The van der Waals surface area contributed by atoms with Gasteiger partial charge in [0.1, 0.15) is 5.82 Å². The van der Waals surface area contributed by atoms with Crippen LogP contribution in [0.4, 0.5) is 4.39 Å². The van der Waals surface area contributed by atoms with E-state index in [-0.39, 0.29) is 18.1 Å². The van der Waals surface area contributed by atoms with Crippen LogP contribution in [0.2, 0.25) is 0 Å². The molecular weight excluding hydrogens is 321 g/mol. The molecule has 132 valence electrons. The zero-order valence-electron chi connectivity index (χ0n) is 14.4. The highest BCUT2D eigenvalue weighted by atomic mass is 19.1. The Morgan fingerprint density at radius 1 is 1.04 bits per heavy atom. The Hall–Kier alpha value is -2.69. The largest absolute Gasteiger partial charge is 0.453 e. The van der Waals surface area contributed by atoms with Crippen molar-refractivity contribution in [2.45, 2.75) is 39.3 Å². The molecule has 1 atom stereocenters. The van der Waals surface area contributed by atoms with Crippen LogP contribution in [0.3, 0.4) is 0 Å². The van der Waals surface area contributed by atoms with Crippen LogP contribution in [0, 0.1) is 12.7 Å². The van der Waals surface area contributed by atoms with Gasteiger partial charge in [0.05, 0.1) is 0 Å². The predicted molar refractivity (Wildman–Crippen MR) is 93.3 cm³/mol. The van der Waals surface area contributed by atoms with Crippen LogP contribution in [0.5, 0.6) is 0 Å². The molecule has 0 fully saturated rings. The topological polar surface area (TPSA) is 55.4 Å². The van der Waals surface area contributed by atoms with Gasteiger partial charge in [-0.2, -0.15) is 0 Å². The lowest BCUT2D eigenvalue weighted by Gasteiger charge is -2.13. The number of halogens is 1. The van der Waals surface area contributed by atoms with Crippen LogP contribution in [0.25, 0.3) is 0 Å². The minimum absolute atomic E-state index is 0.140. The van der Waals surface area contributed by atoms with Crippen molar-refractivity contribution in [1.29, 1.82) is 0 Å². The van der Waals surface area contributed by atoms with E-state index < -0.39 is 12.1 Å². The van der Waals surface area contributed by atoms with Crippen molar-refractivity contribution < 1.29 is 18.7 Å². The summed E-state index contributed by atoms with van der Waals surface area (Å²) in [6.45, 7) is 3.92. The summed E-state index contributed by atoms with van der Waals surface area (Å²) in [7, 11) is 0. The van der Waals surface area contributed by atoms with Crippen molar-refractivity contribution in [3.05, 3.63) is 71.0 Å².